The number of likely N-dealkylation sites (N-methyl/N-ethyl adjacent to an activating group) is 1. The van der Waals surface area contributed by atoms with Crippen molar-refractivity contribution < 1.29 is 23.1 Å². The molecule has 1 saturated heterocycles. The van der Waals surface area contributed by atoms with Gasteiger partial charge in [0.25, 0.3) is 0 Å². The molecule has 2 aromatic rings. The van der Waals surface area contributed by atoms with E-state index in [1.165, 1.54) is 0 Å². The lowest BCUT2D eigenvalue weighted by atomic mass is 9.81. The molecule has 2 N–H and O–H groups in total. The number of rotatable bonds is 5. The summed E-state index contributed by atoms with van der Waals surface area (Å²) < 4.78 is 39.1. The molecule has 2 aliphatic heterocycles. The number of alkyl halides is 3. The predicted octanol–water partition coefficient (Wildman–Crippen LogP) is 5.15. The molecule has 3 aliphatic rings. The Kier molecular flexibility index (Phi) is 6.86. The summed E-state index contributed by atoms with van der Waals surface area (Å²) in [5.41, 5.74) is 0.515. The fourth-order valence-corrected chi connectivity index (χ4v) is 6.94. The van der Waals surface area contributed by atoms with Crippen LogP contribution < -0.4 is 5.32 Å². The number of thioether (sulfide) groups is 1. The Balaban J connectivity index is 1.28. The highest BCUT2D eigenvalue weighted by Gasteiger charge is 2.46. The SMILES string of the molecule is Cc1cc(Nc2nccc(C(F)(F)F)n2)cc(C2=CN(C)C(C3(O)CCC(N4CCCC4=O)CC3)S2)c1. The van der Waals surface area contributed by atoms with E-state index in [-0.39, 0.29) is 23.3 Å². The van der Waals surface area contributed by atoms with Gasteiger partial charge in [-0.3, -0.25) is 4.79 Å². The van der Waals surface area contributed by atoms with Crippen molar-refractivity contribution >= 4 is 34.2 Å². The van der Waals surface area contributed by atoms with Gasteiger partial charge in [-0.15, -0.1) is 0 Å². The molecule has 37 heavy (non-hydrogen) atoms. The number of halogens is 3. The predicted molar refractivity (Wildman–Crippen MR) is 137 cm³/mol. The molecule has 7 nitrogen and oxygen atoms in total. The number of anilines is 2. The van der Waals surface area contributed by atoms with Gasteiger partial charge in [-0.25, -0.2) is 9.97 Å². The lowest BCUT2D eigenvalue weighted by Gasteiger charge is -2.44. The second-order valence-electron chi connectivity index (χ2n) is 10.1. The van der Waals surface area contributed by atoms with Crippen LogP contribution in [-0.2, 0) is 11.0 Å². The largest absolute Gasteiger partial charge is 0.433 e. The number of aliphatic hydroxyl groups is 1. The van der Waals surface area contributed by atoms with Crippen molar-refractivity contribution in [3.05, 3.63) is 53.5 Å². The zero-order valence-electron chi connectivity index (χ0n) is 20.8. The first kappa shape index (κ1) is 25.8. The van der Waals surface area contributed by atoms with E-state index in [2.05, 4.69) is 15.3 Å². The van der Waals surface area contributed by atoms with Crippen LogP contribution in [0.2, 0.25) is 0 Å². The van der Waals surface area contributed by atoms with E-state index in [9.17, 15) is 23.1 Å². The van der Waals surface area contributed by atoms with Crippen molar-refractivity contribution in [3.63, 3.8) is 0 Å². The maximum absolute atomic E-state index is 13.0. The summed E-state index contributed by atoms with van der Waals surface area (Å²) >= 11 is 1.59. The minimum Gasteiger partial charge on any atom is -0.387 e. The number of hydrogen-bond acceptors (Lipinski definition) is 7. The molecule has 1 aromatic carbocycles. The van der Waals surface area contributed by atoms with Crippen LogP contribution in [0.1, 0.15) is 55.3 Å². The fourth-order valence-electron chi connectivity index (χ4n) is 5.54. The lowest BCUT2D eigenvalue weighted by Crippen LogP contribution is -2.51. The van der Waals surface area contributed by atoms with Crippen LogP contribution in [-0.4, -0.2) is 61.4 Å². The van der Waals surface area contributed by atoms with Gasteiger partial charge in [-0.05, 0) is 68.4 Å². The number of nitrogens with zero attached hydrogens (tertiary/aromatic N) is 4. The van der Waals surface area contributed by atoms with Crippen molar-refractivity contribution in [1.29, 1.82) is 0 Å². The molecule has 3 heterocycles. The van der Waals surface area contributed by atoms with Gasteiger partial charge < -0.3 is 20.2 Å². The second-order valence-corrected chi connectivity index (χ2v) is 11.3. The van der Waals surface area contributed by atoms with E-state index in [1.807, 2.05) is 48.2 Å². The molecule has 1 saturated carbocycles. The first-order valence-electron chi connectivity index (χ1n) is 12.4. The van der Waals surface area contributed by atoms with Crippen molar-refractivity contribution in [3.8, 4) is 0 Å². The summed E-state index contributed by atoms with van der Waals surface area (Å²) in [6, 6.07) is 6.73. The van der Waals surface area contributed by atoms with Gasteiger partial charge >= 0.3 is 6.18 Å². The zero-order chi connectivity index (χ0) is 26.4. The van der Waals surface area contributed by atoms with Crippen LogP contribution in [0.4, 0.5) is 24.8 Å². The number of benzene rings is 1. The highest BCUT2D eigenvalue weighted by atomic mass is 32.2. The smallest absolute Gasteiger partial charge is 0.387 e. The Morgan fingerprint density at radius 1 is 1.22 bits per heavy atom. The van der Waals surface area contributed by atoms with E-state index in [4.69, 9.17) is 0 Å². The van der Waals surface area contributed by atoms with E-state index in [0.717, 1.165) is 54.1 Å². The number of likely N-dealkylation sites (tertiary alicyclic amines) is 1. The Labute approximate surface area is 218 Å². The Morgan fingerprint density at radius 3 is 2.65 bits per heavy atom. The third kappa shape index (κ3) is 5.43. The molecular weight excluding hydrogens is 503 g/mol. The van der Waals surface area contributed by atoms with Gasteiger partial charge in [0.15, 0.2) is 0 Å². The molecule has 1 atom stereocenters. The van der Waals surface area contributed by atoms with Gasteiger partial charge in [-0.2, -0.15) is 13.2 Å². The molecular formula is C26H30F3N5O2S. The van der Waals surface area contributed by atoms with Gasteiger partial charge in [-0.1, -0.05) is 17.8 Å². The topological polar surface area (TPSA) is 81.6 Å². The molecule has 1 aliphatic carbocycles. The van der Waals surface area contributed by atoms with Gasteiger partial charge in [0.1, 0.15) is 11.1 Å². The molecule has 0 spiro atoms. The summed E-state index contributed by atoms with van der Waals surface area (Å²) in [5, 5.41) is 14.3. The number of hydrogen-bond donors (Lipinski definition) is 2. The number of nitrogens with one attached hydrogen (secondary N) is 1. The molecule has 2 fully saturated rings. The summed E-state index contributed by atoms with van der Waals surface area (Å²) in [4.78, 5) is 24.7. The van der Waals surface area contributed by atoms with Crippen LogP contribution in [0.5, 0.6) is 0 Å². The van der Waals surface area contributed by atoms with Crippen LogP contribution in [0, 0.1) is 6.92 Å². The van der Waals surface area contributed by atoms with E-state index in [0.29, 0.717) is 24.9 Å². The highest BCUT2D eigenvalue weighted by Crippen LogP contribution is 2.48. The zero-order valence-corrected chi connectivity index (χ0v) is 21.6. The van der Waals surface area contributed by atoms with E-state index < -0.39 is 17.5 Å². The minimum atomic E-state index is -4.55. The number of aromatic nitrogens is 2. The van der Waals surface area contributed by atoms with Gasteiger partial charge in [0, 0.05) is 49.0 Å². The standard InChI is InChI=1S/C26H30F3N5O2S/c1-16-12-17(14-18(13-16)31-24-30-10-7-21(32-24)26(27,28)29)20-15-33(2)23(37-20)25(36)8-5-19(6-9-25)34-11-3-4-22(34)35/h7,10,12-15,19,23,36H,3-6,8-9,11H2,1-2H3,(H,30,31,32). The Morgan fingerprint density at radius 2 is 1.97 bits per heavy atom. The molecule has 1 amide bonds. The second kappa shape index (κ2) is 9.83. The maximum Gasteiger partial charge on any atom is 0.433 e. The molecule has 0 bridgehead atoms. The molecule has 11 heteroatoms. The van der Waals surface area contributed by atoms with Crippen molar-refractivity contribution in [2.75, 3.05) is 18.9 Å². The number of carbonyl (C=O) groups excluding carboxylic acids is 1. The fraction of sp³-hybridized carbons (Fsp3) is 0.500. The number of amides is 1. The molecule has 1 unspecified atom stereocenters. The average Bonchev–Trinajstić information content (AvgIpc) is 3.45. The van der Waals surface area contributed by atoms with Crippen molar-refractivity contribution in [2.45, 2.75) is 68.6 Å². The third-order valence-electron chi connectivity index (χ3n) is 7.32. The van der Waals surface area contributed by atoms with Crippen LogP contribution in [0.3, 0.4) is 0 Å². The van der Waals surface area contributed by atoms with E-state index in [1.54, 1.807) is 11.8 Å². The molecule has 0 radical (unpaired) electrons. The van der Waals surface area contributed by atoms with Gasteiger partial charge in [0.05, 0.1) is 5.60 Å². The first-order chi connectivity index (χ1) is 17.5. The number of carbonyl (C=O) groups is 1. The summed E-state index contributed by atoms with van der Waals surface area (Å²) in [5.74, 6) is 0.100. The Hall–Kier alpha value is -2.79. The van der Waals surface area contributed by atoms with Gasteiger partial charge in [0.2, 0.25) is 11.9 Å². The monoisotopic (exact) mass is 533 g/mol. The van der Waals surface area contributed by atoms with E-state index >= 15 is 0 Å². The van der Waals surface area contributed by atoms with Crippen molar-refractivity contribution in [2.24, 2.45) is 0 Å². The van der Waals surface area contributed by atoms with Crippen LogP contribution >= 0.6 is 11.8 Å². The summed E-state index contributed by atoms with van der Waals surface area (Å²) in [7, 11) is 1.95. The maximum atomic E-state index is 13.0. The first-order valence-corrected chi connectivity index (χ1v) is 13.3. The average molecular weight is 534 g/mol. The third-order valence-corrected chi connectivity index (χ3v) is 8.91. The summed E-state index contributed by atoms with van der Waals surface area (Å²) in [6.07, 6.45) is 2.91. The molecule has 1 aromatic heterocycles. The van der Waals surface area contributed by atoms with Crippen LogP contribution in [0.25, 0.3) is 4.91 Å². The van der Waals surface area contributed by atoms with Crippen LogP contribution in [0.15, 0.2) is 36.7 Å². The Bertz CT molecular complexity index is 1210. The number of aryl methyl sites for hydroxylation is 1. The summed E-state index contributed by atoms with van der Waals surface area (Å²) in [6.45, 7) is 2.73. The molecule has 5 rings (SSSR count). The highest BCUT2D eigenvalue weighted by molar-refractivity contribution is 8.09. The normalized spacial score (nSPS) is 26.5. The quantitative estimate of drug-likeness (QED) is 0.550. The minimum absolute atomic E-state index is 0.128. The lowest BCUT2D eigenvalue weighted by molar-refractivity contribution is -0.141. The molecule has 198 valence electrons. The van der Waals surface area contributed by atoms with Crippen molar-refractivity contribution in [1.82, 2.24) is 19.8 Å².